The number of likely N-dealkylation sites (N-methyl/N-ethyl adjacent to an activating group) is 1. The molecule has 0 amide bonds. The van der Waals surface area contributed by atoms with Crippen LogP contribution in [0.4, 0.5) is 0 Å². The highest BCUT2D eigenvalue weighted by molar-refractivity contribution is 4.96. The minimum Gasteiger partial charge on any atom is -0.378 e. The smallest absolute Gasteiger partial charge is 0.228 e. The summed E-state index contributed by atoms with van der Waals surface area (Å²) in [4.78, 5) is 4.51. The van der Waals surface area contributed by atoms with Gasteiger partial charge in [-0.25, -0.2) is 0 Å². The van der Waals surface area contributed by atoms with E-state index >= 15 is 0 Å². The molecule has 1 aliphatic carbocycles. The second-order valence-electron chi connectivity index (χ2n) is 5.65. The molecule has 1 saturated carbocycles. The van der Waals surface area contributed by atoms with E-state index in [-0.39, 0.29) is 0 Å². The van der Waals surface area contributed by atoms with Crippen molar-refractivity contribution in [2.75, 3.05) is 13.2 Å². The van der Waals surface area contributed by atoms with E-state index in [1.54, 1.807) is 0 Å². The van der Waals surface area contributed by atoms with E-state index in [1.807, 2.05) is 0 Å². The molecule has 2 aliphatic rings. The summed E-state index contributed by atoms with van der Waals surface area (Å²) in [5.41, 5.74) is 0. The maximum absolute atomic E-state index is 5.60. The molecular formula is C14H23N3O2. The van der Waals surface area contributed by atoms with Crippen molar-refractivity contribution >= 4 is 0 Å². The molecule has 19 heavy (non-hydrogen) atoms. The third kappa shape index (κ3) is 3.54. The molecule has 1 aromatic rings. The summed E-state index contributed by atoms with van der Waals surface area (Å²) in [6.45, 7) is 4.02. The lowest BCUT2D eigenvalue weighted by atomic mass is 10.1. The van der Waals surface area contributed by atoms with Crippen LogP contribution in [-0.4, -0.2) is 35.4 Å². The van der Waals surface area contributed by atoms with Crippen LogP contribution in [0.25, 0.3) is 0 Å². The van der Waals surface area contributed by atoms with Crippen LogP contribution >= 0.6 is 0 Å². The molecule has 0 bridgehead atoms. The van der Waals surface area contributed by atoms with Crippen LogP contribution in [0.3, 0.4) is 0 Å². The first-order valence-corrected chi connectivity index (χ1v) is 7.51. The van der Waals surface area contributed by atoms with Crippen molar-refractivity contribution in [1.29, 1.82) is 0 Å². The molecule has 1 aliphatic heterocycles. The molecule has 0 radical (unpaired) electrons. The number of rotatable bonds is 7. The molecule has 106 valence electrons. The Hall–Kier alpha value is -0.940. The fourth-order valence-electron chi connectivity index (χ4n) is 2.82. The fraction of sp³-hybridized carbons (Fsp3) is 0.857. The summed E-state index contributed by atoms with van der Waals surface area (Å²) in [6.07, 6.45) is 6.86. The number of nitrogens with one attached hydrogen (secondary N) is 1. The maximum atomic E-state index is 5.60. The van der Waals surface area contributed by atoms with Crippen molar-refractivity contribution < 1.29 is 9.26 Å². The Morgan fingerprint density at radius 3 is 2.95 bits per heavy atom. The van der Waals surface area contributed by atoms with Gasteiger partial charge >= 0.3 is 0 Å². The molecule has 5 nitrogen and oxygen atoms in total. The molecule has 2 heterocycles. The molecule has 0 spiro atoms. The van der Waals surface area contributed by atoms with E-state index in [0.717, 1.165) is 56.5 Å². The van der Waals surface area contributed by atoms with E-state index in [2.05, 4.69) is 22.4 Å². The first-order chi connectivity index (χ1) is 9.35. The third-order valence-electron chi connectivity index (χ3n) is 4.00. The summed E-state index contributed by atoms with van der Waals surface area (Å²) in [7, 11) is 0. The Labute approximate surface area is 114 Å². The largest absolute Gasteiger partial charge is 0.378 e. The van der Waals surface area contributed by atoms with Crippen LogP contribution in [0.5, 0.6) is 0 Å². The van der Waals surface area contributed by atoms with Gasteiger partial charge in [-0.2, -0.15) is 4.98 Å². The van der Waals surface area contributed by atoms with E-state index in [1.165, 1.54) is 12.8 Å². The van der Waals surface area contributed by atoms with Gasteiger partial charge in [0.15, 0.2) is 5.82 Å². The summed E-state index contributed by atoms with van der Waals surface area (Å²) < 4.78 is 11.0. The van der Waals surface area contributed by atoms with Crippen LogP contribution in [0, 0.1) is 5.92 Å². The van der Waals surface area contributed by atoms with Gasteiger partial charge in [-0.1, -0.05) is 12.1 Å². The van der Waals surface area contributed by atoms with Crippen molar-refractivity contribution in [1.82, 2.24) is 15.5 Å². The summed E-state index contributed by atoms with van der Waals surface area (Å²) in [5, 5.41) is 7.60. The Kier molecular flexibility index (Phi) is 4.13. The molecule has 0 aromatic carbocycles. The van der Waals surface area contributed by atoms with E-state index in [9.17, 15) is 0 Å². The van der Waals surface area contributed by atoms with Crippen molar-refractivity contribution in [3.05, 3.63) is 11.7 Å². The first kappa shape index (κ1) is 13.1. The monoisotopic (exact) mass is 265 g/mol. The standard InChI is InChI=1S/C14H23N3O2/c1-2-15-12(10-5-6-10)9-14-16-13(17-19-14)8-11-4-3-7-18-11/h10-12,15H,2-9H2,1H3. The van der Waals surface area contributed by atoms with Gasteiger partial charge in [0.1, 0.15) is 0 Å². The normalized spacial score (nSPS) is 24.8. The van der Waals surface area contributed by atoms with Crippen molar-refractivity contribution in [3.63, 3.8) is 0 Å². The zero-order valence-electron chi connectivity index (χ0n) is 11.6. The lowest BCUT2D eigenvalue weighted by Gasteiger charge is -2.14. The van der Waals surface area contributed by atoms with Gasteiger partial charge in [0.25, 0.3) is 0 Å². The molecule has 2 fully saturated rings. The molecule has 2 unspecified atom stereocenters. The van der Waals surface area contributed by atoms with Crippen molar-refractivity contribution in [2.45, 2.75) is 57.6 Å². The van der Waals surface area contributed by atoms with Crippen LogP contribution in [0.15, 0.2) is 4.52 Å². The van der Waals surface area contributed by atoms with Gasteiger partial charge < -0.3 is 14.6 Å². The molecule has 3 rings (SSSR count). The van der Waals surface area contributed by atoms with Crippen LogP contribution in [-0.2, 0) is 17.6 Å². The predicted molar refractivity (Wildman–Crippen MR) is 70.9 cm³/mol. The van der Waals surface area contributed by atoms with Crippen LogP contribution in [0.2, 0.25) is 0 Å². The van der Waals surface area contributed by atoms with E-state index in [4.69, 9.17) is 9.26 Å². The lowest BCUT2D eigenvalue weighted by Crippen LogP contribution is -2.33. The number of aromatic nitrogens is 2. The van der Waals surface area contributed by atoms with Gasteiger partial charge in [-0.15, -0.1) is 0 Å². The molecule has 1 aromatic heterocycles. The average Bonchev–Trinajstić information content (AvgIpc) is 2.96. The minimum absolute atomic E-state index is 0.290. The highest BCUT2D eigenvalue weighted by Gasteiger charge is 2.32. The number of hydrogen-bond acceptors (Lipinski definition) is 5. The summed E-state index contributed by atoms with van der Waals surface area (Å²) in [5.74, 6) is 2.37. The molecule has 5 heteroatoms. The van der Waals surface area contributed by atoms with Crippen molar-refractivity contribution in [2.24, 2.45) is 5.92 Å². The quantitative estimate of drug-likeness (QED) is 0.813. The summed E-state index contributed by atoms with van der Waals surface area (Å²) >= 11 is 0. The van der Waals surface area contributed by atoms with Gasteiger partial charge in [0, 0.05) is 25.5 Å². The zero-order chi connectivity index (χ0) is 13.1. The van der Waals surface area contributed by atoms with Crippen molar-refractivity contribution in [3.8, 4) is 0 Å². The van der Waals surface area contributed by atoms with Gasteiger partial charge in [0.2, 0.25) is 5.89 Å². The Morgan fingerprint density at radius 2 is 2.26 bits per heavy atom. The number of nitrogens with zero attached hydrogens (tertiary/aromatic N) is 2. The van der Waals surface area contributed by atoms with Gasteiger partial charge in [-0.05, 0) is 38.1 Å². The summed E-state index contributed by atoms with van der Waals surface area (Å²) in [6, 6.07) is 0.501. The Bertz CT molecular complexity index is 397. The lowest BCUT2D eigenvalue weighted by molar-refractivity contribution is 0.109. The molecular weight excluding hydrogens is 242 g/mol. The van der Waals surface area contributed by atoms with Gasteiger partial charge in [0.05, 0.1) is 6.10 Å². The number of ether oxygens (including phenoxy) is 1. The average molecular weight is 265 g/mol. The highest BCUT2D eigenvalue weighted by atomic mass is 16.5. The third-order valence-corrected chi connectivity index (χ3v) is 4.00. The van der Waals surface area contributed by atoms with E-state index < -0.39 is 0 Å². The predicted octanol–water partition coefficient (Wildman–Crippen LogP) is 1.72. The molecule has 2 atom stereocenters. The van der Waals surface area contributed by atoms with Crippen LogP contribution < -0.4 is 5.32 Å². The van der Waals surface area contributed by atoms with E-state index in [0.29, 0.717) is 12.1 Å². The maximum Gasteiger partial charge on any atom is 0.228 e. The number of hydrogen-bond donors (Lipinski definition) is 1. The Balaban J connectivity index is 1.54. The minimum atomic E-state index is 0.290. The second kappa shape index (κ2) is 6.01. The first-order valence-electron chi connectivity index (χ1n) is 7.51. The van der Waals surface area contributed by atoms with Gasteiger partial charge in [-0.3, -0.25) is 0 Å². The molecule has 1 N–H and O–H groups in total. The highest BCUT2D eigenvalue weighted by Crippen LogP contribution is 2.33. The van der Waals surface area contributed by atoms with Crippen LogP contribution in [0.1, 0.15) is 44.3 Å². The fourth-order valence-corrected chi connectivity index (χ4v) is 2.82. The second-order valence-corrected chi connectivity index (χ2v) is 5.65. The molecule has 1 saturated heterocycles. The Morgan fingerprint density at radius 1 is 1.37 bits per heavy atom. The SMILES string of the molecule is CCNC(Cc1nc(CC2CCCO2)no1)C1CC1. The zero-order valence-corrected chi connectivity index (χ0v) is 11.6. The topological polar surface area (TPSA) is 60.2 Å².